The van der Waals surface area contributed by atoms with Crippen LogP contribution in [0.2, 0.25) is 0 Å². The van der Waals surface area contributed by atoms with Gasteiger partial charge >= 0.3 is 0 Å². The molecule has 5 rings (SSSR count). The molecule has 4 aromatic rings. The average Bonchev–Trinajstić information content (AvgIpc) is 3.27. The van der Waals surface area contributed by atoms with Crippen LogP contribution >= 0.6 is 0 Å². The smallest absolute Gasteiger partial charge is 0.254 e. The van der Waals surface area contributed by atoms with Gasteiger partial charge in [0.15, 0.2) is 0 Å². The van der Waals surface area contributed by atoms with Crippen LogP contribution in [0.5, 0.6) is 0 Å². The maximum absolute atomic E-state index is 13.7. The number of nitrogens with one attached hydrogen (secondary N) is 1. The Morgan fingerprint density at radius 1 is 1.26 bits per heavy atom. The first-order chi connectivity index (χ1) is 13.1. The number of hydrogen-bond donors (Lipinski definition) is 1. The van der Waals surface area contributed by atoms with Crippen molar-refractivity contribution in [1.29, 1.82) is 0 Å². The van der Waals surface area contributed by atoms with Crippen LogP contribution in [0.25, 0.3) is 21.9 Å². The lowest BCUT2D eigenvalue weighted by Crippen LogP contribution is -2.35. The van der Waals surface area contributed by atoms with Gasteiger partial charge in [0.25, 0.3) is 5.91 Å². The summed E-state index contributed by atoms with van der Waals surface area (Å²) < 4.78 is 15.5. The summed E-state index contributed by atoms with van der Waals surface area (Å²) in [7, 11) is 0. The zero-order valence-corrected chi connectivity index (χ0v) is 14.9. The van der Waals surface area contributed by atoms with Crippen molar-refractivity contribution in [2.75, 3.05) is 6.54 Å². The minimum Gasteiger partial charge on any atom is -0.358 e. The van der Waals surface area contributed by atoms with Crippen LogP contribution in [0.4, 0.5) is 4.39 Å². The highest BCUT2D eigenvalue weighted by Crippen LogP contribution is 2.29. The number of carbonyl (C=O) groups excluding carboxylic acids is 1. The van der Waals surface area contributed by atoms with Crippen LogP contribution in [0, 0.1) is 5.82 Å². The van der Waals surface area contributed by atoms with Crippen LogP contribution in [0.15, 0.2) is 36.4 Å². The zero-order chi connectivity index (χ0) is 18.5. The summed E-state index contributed by atoms with van der Waals surface area (Å²) in [5.41, 5.74) is 5.23. The third kappa shape index (κ3) is 2.50. The Bertz CT molecular complexity index is 1190. The van der Waals surface area contributed by atoms with E-state index in [0.29, 0.717) is 18.7 Å². The monoisotopic (exact) mass is 363 g/mol. The Morgan fingerprint density at radius 2 is 2.15 bits per heavy atom. The molecular weight excluding hydrogens is 345 g/mol. The second-order valence-electron chi connectivity index (χ2n) is 6.86. The Balaban J connectivity index is 1.48. The Kier molecular flexibility index (Phi) is 3.50. The highest BCUT2D eigenvalue weighted by molar-refractivity contribution is 5.98. The number of H-pyrrole nitrogens is 1. The van der Waals surface area contributed by atoms with Crippen LogP contribution in [0.3, 0.4) is 0 Å². The van der Waals surface area contributed by atoms with E-state index in [1.54, 1.807) is 16.8 Å². The average molecular weight is 363 g/mol. The fourth-order valence-corrected chi connectivity index (χ4v) is 3.88. The summed E-state index contributed by atoms with van der Waals surface area (Å²) in [6, 6.07) is 10.2. The lowest BCUT2D eigenvalue weighted by Gasteiger charge is -2.27. The number of hydrogen-bond acceptors (Lipinski definition) is 3. The number of aryl methyl sites for hydroxylation is 1. The van der Waals surface area contributed by atoms with Gasteiger partial charge in [-0.25, -0.2) is 9.07 Å². The quantitative estimate of drug-likeness (QED) is 0.594. The van der Waals surface area contributed by atoms with Gasteiger partial charge in [-0.2, -0.15) is 0 Å². The van der Waals surface area contributed by atoms with Gasteiger partial charge in [-0.3, -0.25) is 4.79 Å². The molecule has 2 aromatic heterocycles. The highest BCUT2D eigenvalue weighted by atomic mass is 19.1. The predicted molar refractivity (Wildman–Crippen MR) is 99.9 cm³/mol. The molecule has 1 N–H and O–H groups in total. The number of nitrogens with zero attached hydrogens (tertiary/aromatic N) is 4. The minimum atomic E-state index is -0.266. The fourth-order valence-electron chi connectivity index (χ4n) is 3.88. The molecule has 0 atom stereocenters. The second kappa shape index (κ2) is 5.90. The van der Waals surface area contributed by atoms with Gasteiger partial charge in [0.2, 0.25) is 0 Å². The molecule has 2 aromatic carbocycles. The number of fused-ring (bicyclic) bond motifs is 4. The van der Waals surface area contributed by atoms with Gasteiger partial charge in [-0.1, -0.05) is 5.21 Å². The van der Waals surface area contributed by atoms with Gasteiger partial charge in [0.1, 0.15) is 11.3 Å². The van der Waals surface area contributed by atoms with E-state index in [-0.39, 0.29) is 11.7 Å². The number of carbonyl (C=O) groups is 1. The number of rotatable bonds is 2. The normalized spacial score (nSPS) is 14.1. The Hall–Kier alpha value is -3.22. The first kappa shape index (κ1) is 16.0. The van der Waals surface area contributed by atoms with Gasteiger partial charge < -0.3 is 9.88 Å². The number of benzene rings is 2. The molecule has 0 spiro atoms. The molecule has 0 aliphatic carbocycles. The summed E-state index contributed by atoms with van der Waals surface area (Å²) in [6.07, 6.45) is 0.728. The van der Waals surface area contributed by atoms with E-state index in [1.807, 2.05) is 24.0 Å². The van der Waals surface area contributed by atoms with E-state index in [1.165, 1.54) is 12.1 Å². The van der Waals surface area contributed by atoms with E-state index in [9.17, 15) is 9.18 Å². The molecular formula is C20H18FN5O. The van der Waals surface area contributed by atoms with Crippen molar-refractivity contribution in [3.63, 3.8) is 0 Å². The van der Waals surface area contributed by atoms with Crippen molar-refractivity contribution >= 4 is 27.8 Å². The van der Waals surface area contributed by atoms with E-state index in [4.69, 9.17) is 0 Å². The Morgan fingerprint density at radius 3 is 3.00 bits per heavy atom. The SMILES string of the molecule is CCn1nnc2cc(C(=O)N3CCc4[nH]c5ccc(F)cc5c4C3)ccc21. The highest BCUT2D eigenvalue weighted by Gasteiger charge is 2.25. The molecule has 0 bridgehead atoms. The fraction of sp³-hybridized carbons (Fsp3) is 0.250. The number of halogens is 1. The van der Waals surface area contributed by atoms with Gasteiger partial charge in [0.05, 0.1) is 5.52 Å². The molecule has 136 valence electrons. The minimum absolute atomic E-state index is 0.0423. The predicted octanol–water partition coefficient (Wildman–Crippen LogP) is 3.27. The molecule has 0 radical (unpaired) electrons. The molecule has 7 heteroatoms. The van der Waals surface area contributed by atoms with Crippen molar-refractivity contribution in [1.82, 2.24) is 24.9 Å². The van der Waals surface area contributed by atoms with E-state index >= 15 is 0 Å². The van der Waals surface area contributed by atoms with Crippen LogP contribution in [-0.2, 0) is 19.5 Å². The number of amides is 1. The maximum atomic E-state index is 13.7. The first-order valence-corrected chi connectivity index (χ1v) is 9.05. The molecule has 0 unspecified atom stereocenters. The Labute approximate surface area is 154 Å². The van der Waals surface area contributed by atoms with Crippen molar-refractivity contribution in [2.45, 2.75) is 26.4 Å². The summed E-state index contributed by atoms with van der Waals surface area (Å²) in [4.78, 5) is 18.2. The van der Waals surface area contributed by atoms with Crippen molar-refractivity contribution in [3.05, 3.63) is 59.0 Å². The van der Waals surface area contributed by atoms with Gasteiger partial charge in [-0.15, -0.1) is 5.10 Å². The second-order valence-corrected chi connectivity index (χ2v) is 6.86. The molecule has 1 aliphatic heterocycles. The molecule has 27 heavy (non-hydrogen) atoms. The number of aromatic nitrogens is 4. The van der Waals surface area contributed by atoms with E-state index in [0.717, 1.165) is 46.2 Å². The third-order valence-corrected chi connectivity index (χ3v) is 5.28. The standard InChI is InChI=1S/C20H18FN5O/c1-2-26-19-6-3-12(9-18(19)23-24-26)20(27)25-8-7-17-15(11-25)14-10-13(21)4-5-16(14)22-17/h3-6,9-10,22H,2,7-8,11H2,1H3. The molecule has 0 saturated carbocycles. The topological polar surface area (TPSA) is 66.8 Å². The molecule has 1 amide bonds. The first-order valence-electron chi connectivity index (χ1n) is 9.05. The lowest BCUT2D eigenvalue weighted by atomic mass is 10.0. The summed E-state index contributed by atoms with van der Waals surface area (Å²) in [5, 5.41) is 9.10. The lowest BCUT2D eigenvalue weighted by molar-refractivity contribution is 0.0735. The summed E-state index contributed by atoms with van der Waals surface area (Å²) in [6.45, 7) is 3.83. The summed E-state index contributed by atoms with van der Waals surface area (Å²) in [5.74, 6) is -0.309. The van der Waals surface area contributed by atoms with Crippen LogP contribution in [-0.4, -0.2) is 37.3 Å². The molecule has 0 saturated heterocycles. The van der Waals surface area contributed by atoms with Gasteiger partial charge in [0, 0.05) is 53.8 Å². The molecule has 0 fully saturated rings. The zero-order valence-electron chi connectivity index (χ0n) is 14.9. The number of aromatic amines is 1. The third-order valence-electron chi connectivity index (χ3n) is 5.28. The molecule has 6 nitrogen and oxygen atoms in total. The van der Waals surface area contributed by atoms with E-state index < -0.39 is 0 Å². The van der Waals surface area contributed by atoms with Crippen LogP contribution < -0.4 is 0 Å². The molecule has 3 heterocycles. The van der Waals surface area contributed by atoms with Crippen LogP contribution in [0.1, 0.15) is 28.5 Å². The largest absolute Gasteiger partial charge is 0.358 e. The van der Waals surface area contributed by atoms with Gasteiger partial charge in [-0.05, 0) is 43.3 Å². The van der Waals surface area contributed by atoms with E-state index in [2.05, 4.69) is 15.3 Å². The molecule has 1 aliphatic rings. The van der Waals surface area contributed by atoms with Crippen molar-refractivity contribution in [2.24, 2.45) is 0 Å². The van der Waals surface area contributed by atoms with Crippen molar-refractivity contribution in [3.8, 4) is 0 Å². The summed E-state index contributed by atoms with van der Waals surface area (Å²) >= 11 is 0. The maximum Gasteiger partial charge on any atom is 0.254 e. The van der Waals surface area contributed by atoms with Crippen molar-refractivity contribution < 1.29 is 9.18 Å².